The highest BCUT2D eigenvalue weighted by Gasteiger charge is 2.64. The van der Waals surface area contributed by atoms with E-state index in [0.717, 1.165) is 35.6 Å². The molecule has 2 N–H and O–H groups in total. The van der Waals surface area contributed by atoms with Crippen molar-refractivity contribution in [2.45, 2.75) is 38.1 Å². The third-order valence-electron chi connectivity index (χ3n) is 5.78. The molecular weight excluding hydrogens is 196 g/mol. The molecule has 0 radical (unpaired) electrons. The minimum Gasteiger partial charge on any atom is -0.316 e. The number of piperidine rings is 1. The molecule has 1 saturated heterocycles. The van der Waals surface area contributed by atoms with Gasteiger partial charge in [-0.25, -0.2) is 0 Å². The van der Waals surface area contributed by atoms with Gasteiger partial charge in [-0.3, -0.25) is 0 Å². The van der Waals surface area contributed by atoms with E-state index in [9.17, 15) is 0 Å². The summed E-state index contributed by atoms with van der Waals surface area (Å²) in [5.74, 6) is 5.37. The Hall–Kier alpha value is -0.0800. The summed E-state index contributed by atoms with van der Waals surface area (Å²) < 4.78 is 0. The SMILES string of the molecule is C1CNCC(CNC2C3C4CCC(C4)C23)C1. The Labute approximate surface area is 98.6 Å². The predicted octanol–water partition coefficient (Wildman–Crippen LogP) is 1.62. The van der Waals surface area contributed by atoms with E-state index in [2.05, 4.69) is 10.6 Å². The lowest BCUT2D eigenvalue weighted by atomic mass is 9.99. The van der Waals surface area contributed by atoms with Gasteiger partial charge in [0.1, 0.15) is 0 Å². The monoisotopic (exact) mass is 220 g/mol. The van der Waals surface area contributed by atoms with Crippen LogP contribution < -0.4 is 10.6 Å². The molecule has 2 bridgehead atoms. The molecule has 3 saturated carbocycles. The van der Waals surface area contributed by atoms with Crippen molar-refractivity contribution < 1.29 is 0 Å². The molecule has 90 valence electrons. The zero-order valence-electron chi connectivity index (χ0n) is 10.1. The second-order valence-corrected chi connectivity index (χ2v) is 6.63. The molecule has 4 fully saturated rings. The van der Waals surface area contributed by atoms with Crippen molar-refractivity contribution in [2.75, 3.05) is 19.6 Å². The van der Waals surface area contributed by atoms with Crippen LogP contribution in [0.25, 0.3) is 0 Å². The fourth-order valence-electron chi connectivity index (χ4n) is 5.00. The highest BCUT2D eigenvalue weighted by Crippen LogP contribution is 2.65. The van der Waals surface area contributed by atoms with Crippen LogP contribution in [-0.4, -0.2) is 25.7 Å². The van der Waals surface area contributed by atoms with Gasteiger partial charge in [0.05, 0.1) is 0 Å². The number of hydrogen-bond donors (Lipinski definition) is 2. The first kappa shape index (κ1) is 9.90. The van der Waals surface area contributed by atoms with Crippen LogP contribution in [0.5, 0.6) is 0 Å². The van der Waals surface area contributed by atoms with Crippen molar-refractivity contribution in [3.63, 3.8) is 0 Å². The summed E-state index contributed by atoms with van der Waals surface area (Å²) in [6.07, 6.45) is 7.51. The predicted molar refractivity (Wildman–Crippen MR) is 65.2 cm³/mol. The van der Waals surface area contributed by atoms with Gasteiger partial charge in [-0.1, -0.05) is 0 Å². The maximum Gasteiger partial charge on any atom is 0.0136 e. The molecule has 0 amide bonds. The summed E-state index contributed by atoms with van der Waals surface area (Å²) in [4.78, 5) is 0. The lowest BCUT2D eigenvalue weighted by Gasteiger charge is -2.23. The topological polar surface area (TPSA) is 24.1 Å². The molecule has 4 rings (SSSR count). The highest BCUT2D eigenvalue weighted by molar-refractivity contribution is 5.16. The van der Waals surface area contributed by atoms with Gasteiger partial charge in [0.2, 0.25) is 0 Å². The van der Waals surface area contributed by atoms with Crippen LogP contribution in [0.4, 0.5) is 0 Å². The van der Waals surface area contributed by atoms with Gasteiger partial charge in [0, 0.05) is 6.04 Å². The van der Waals surface area contributed by atoms with Crippen LogP contribution in [0.2, 0.25) is 0 Å². The van der Waals surface area contributed by atoms with Crippen molar-refractivity contribution in [1.82, 2.24) is 10.6 Å². The van der Waals surface area contributed by atoms with Crippen molar-refractivity contribution in [3.8, 4) is 0 Å². The van der Waals surface area contributed by atoms with Gasteiger partial charge in [0.25, 0.3) is 0 Å². The summed E-state index contributed by atoms with van der Waals surface area (Å²) in [5.41, 5.74) is 0. The van der Waals surface area contributed by atoms with E-state index >= 15 is 0 Å². The zero-order chi connectivity index (χ0) is 10.5. The molecule has 4 aliphatic rings. The maximum atomic E-state index is 3.89. The number of nitrogens with one attached hydrogen (secondary N) is 2. The average molecular weight is 220 g/mol. The highest BCUT2D eigenvalue weighted by atomic mass is 15.0. The van der Waals surface area contributed by atoms with Crippen LogP contribution in [0.15, 0.2) is 0 Å². The molecule has 1 heterocycles. The molecule has 5 unspecified atom stereocenters. The Morgan fingerprint density at radius 3 is 2.56 bits per heavy atom. The van der Waals surface area contributed by atoms with Crippen molar-refractivity contribution >= 4 is 0 Å². The molecule has 3 aliphatic carbocycles. The van der Waals surface area contributed by atoms with E-state index in [1.54, 1.807) is 19.3 Å². The van der Waals surface area contributed by atoms with E-state index in [1.165, 1.54) is 32.5 Å². The van der Waals surface area contributed by atoms with Crippen LogP contribution in [0, 0.1) is 29.6 Å². The van der Waals surface area contributed by atoms with Gasteiger partial charge in [0.15, 0.2) is 0 Å². The fraction of sp³-hybridized carbons (Fsp3) is 1.00. The maximum absolute atomic E-state index is 3.89. The molecule has 16 heavy (non-hydrogen) atoms. The van der Waals surface area contributed by atoms with Crippen LogP contribution in [-0.2, 0) is 0 Å². The standard InChI is InChI=1S/C14H24N2/c1-2-9(7-15-5-1)8-16-14-12-10-3-4-11(6-10)13(12)14/h9-16H,1-8H2. The number of fused-ring (bicyclic) bond motifs is 5. The normalized spacial score (nSPS) is 54.0. The minimum absolute atomic E-state index is 0.910. The van der Waals surface area contributed by atoms with Gasteiger partial charge in [-0.2, -0.15) is 0 Å². The third kappa shape index (κ3) is 1.46. The summed E-state index contributed by atoms with van der Waals surface area (Å²) in [5, 5.41) is 7.41. The first-order chi connectivity index (χ1) is 7.93. The molecule has 0 aromatic carbocycles. The molecule has 5 atom stereocenters. The third-order valence-corrected chi connectivity index (χ3v) is 5.78. The van der Waals surface area contributed by atoms with Crippen molar-refractivity contribution in [3.05, 3.63) is 0 Å². The molecule has 1 aliphatic heterocycles. The molecule has 0 aromatic rings. The van der Waals surface area contributed by atoms with Crippen molar-refractivity contribution in [1.29, 1.82) is 0 Å². The Kier molecular flexibility index (Phi) is 2.29. The summed E-state index contributed by atoms with van der Waals surface area (Å²) >= 11 is 0. The number of rotatable bonds is 3. The number of hydrogen-bond acceptors (Lipinski definition) is 2. The molecule has 0 aromatic heterocycles. The van der Waals surface area contributed by atoms with Crippen molar-refractivity contribution in [2.24, 2.45) is 29.6 Å². The summed E-state index contributed by atoms with van der Waals surface area (Å²) in [6.45, 7) is 3.78. The van der Waals surface area contributed by atoms with E-state index in [0.29, 0.717) is 0 Å². The fourth-order valence-corrected chi connectivity index (χ4v) is 5.00. The largest absolute Gasteiger partial charge is 0.316 e. The first-order valence-corrected chi connectivity index (χ1v) is 7.37. The lowest BCUT2D eigenvalue weighted by molar-refractivity contribution is 0.345. The molecule has 2 nitrogen and oxygen atoms in total. The van der Waals surface area contributed by atoms with Gasteiger partial charge >= 0.3 is 0 Å². The Morgan fingerprint density at radius 2 is 1.88 bits per heavy atom. The van der Waals surface area contributed by atoms with E-state index in [-0.39, 0.29) is 0 Å². The van der Waals surface area contributed by atoms with Crippen LogP contribution in [0.1, 0.15) is 32.1 Å². The summed E-state index contributed by atoms with van der Waals surface area (Å²) in [6, 6.07) is 0.938. The van der Waals surface area contributed by atoms with Crippen LogP contribution >= 0.6 is 0 Å². The second kappa shape index (κ2) is 3.71. The summed E-state index contributed by atoms with van der Waals surface area (Å²) in [7, 11) is 0. The zero-order valence-corrected chi connectivity index (χ0v) is 10.1. The van der Waals surface area contributed by atoms with Crippen LogP contribution in [0.3, 0.4) is 0 Å². The molecule has 2 heteroatoms. The smallest absolute Gasteiger partial charge is 0.0136 e. The van der Waals surface area contributed by atoms with Gasteiger partial charge in [-0.15, -0.1) is 0 Å². The average Bonchev–Trinajstić information content (AvgIpc) is 2.72. The van der Waals surface area contributed by atoms with Gasteiger partial charge < -0.3 is 10.6 Å². The Morgan fingerprint density at radius 1 is 1.06 bits per heavy atom. The van der Waals surface area contributed by atoms with E-state index < -0.39 is 0 Å². The van der Waals surface area contributed by atoms with E-state index in [4.69, 9.17) is 0 Å². The first-order valence-electron chi connectivity index (χ1n) is 7.37. The van der Waals surface area contributed by atoms with Gasteiger partial charge in [-0.05, 0) is 81.3 Å². The lowest BCUT2D eigenvalue weighted by Crippen LogP contribution is -2.37. The second-order valence-electron chi connectivity index (χ2n) is 6.63. The quantitative estimate of drug-likeness (QED) is 0.755. The Bertz CT molecular complexity index is 256. The van der Waals surface area contributed by atoms with E-state index in [1.807, 2.05) is 0 Å². The Balaban J connectivity index is 1.28. The minimum atomic E-state index is 0.910. The molecular formula is C14H24N2. The molecule has 0 spiro atoms.